The van der Waals surface area contributed by atoms with Gasteiger partial charge in [0.2, 0.25) is 0 Å². The maximum Gasteiger partial charge on any atom is 0.303 e. The number of allylic oxidation sites excluding steroid dienone is 1. The number of carbonyl (C=O) groups is 2. The predicted octanol–water partition coefficient (Wildman–Crippen LogP) is 5.94. The van der Waals surface area contributed by atoms with E-state index < -0.39 is 26.1 Å². The molecule has 3 unspecified atom stereocenters. The predicted molar refractivity (Wildman–Crippen MR) is 157 cm³/mol. The highest BCUT2D eigenvalue weighted by molar-refractivity contribution is 6.74. The van der Waals surface area contributed by atoms with E-state index in [1.807, 2.05) is 7.05 Å². The molecule has 0 aromatic carbocycles. The summed E-state index contributed by atoms with van der Waals surface area (Å²) in [6.45, 7) is 19.9. The van der Waals surface area contributed by atoms with Crippen LogP contribution in [0.15, 0.2) is 23.3 Å². The monoisotopic (exact) mass is 573 g/mol. The molecule has 5 rings (SSSR count). The topological polar surface area (TPSA) is 74.3 Å². The fourth-order valence-electron chi connectivity index (χ4n) is 8.36. The molecule has 8 heteroatoms. The summed E-state index contributed by atoms with van der Waals surface area (Å²) >= 11 is 0. The van der Waals surface area contributed by atoms with Crippen LogP contribution in [0, 0.1) is 11.3 Å². The molecule has 2 bridgehead atoms. The molecule has 2 saturated carbocycles. The Bertz CT molecular complexity index is 1120. The van der Waals surface area contributed by atoms with E-state index in [1.54, 1.807) is 0 Å². The van der Waals surface area contributed by atoms with E-state index in [0.717, 1.165) is 44.2 Å². The second-order valence-corrected chi connectivity index (χ2v) is 19.7. The van der Waals surface area contributed by atoms with Crippen molar-refractivity contribution in [1.82, 2.24) is 4.90 Å². The number of hydrogen-bond acceptors (Lipinski definition) is 7. The maximum absolute atomic E-state index is 12.4. The molecule has 0 aromatic heterocycles. The molecule has 3 fully saturated rings. The zero-order chi connectivity index (χ0) is 29.5. The summed E-state index contributed by atoms with van der Waals surface area (Å²) < 4.78 is 26.5. The number of likely N-dealkylation sites (N-methyl/N-ethyl adjacent to an activating group) is 1. The third-order valence-corrected chi connectivity index (χ3v) is 16.1. The molecule has 0 amide bonds. The number of rotatable bonds is 6. The van der Waals surface area contributed by atoms with Gasteiger partial charge < -0.3 is 18.6 Å². The largest absolute Gasteiger partial charge is 0.457 e. The summed E-state index contributed by atoms with van der Waals surface area (Å²) in [5.74, 6) is -0.371. The van der Waals surface area contributed by atoms with Crippen LogP contribution < -0.4 is 0 Å². The minimum Gasteiger partial charge on any atom is -0.457 e. The number of esters is 2. The van der Waals surface area contributed by atoms with Gasteiger partial charge in [-0.15, -0.1) is 0 Å². The first-order chi connectivity index (χ1) is 18.5. The Morgan fingerprint density at radius 1 is 1.12 bits per heavy atom. The minimum atomic E-state index is -1.93. The lowest BCUT2D eigenvalue weighted by atomic mass is 9.60. The lowest BCUT2D eigenvalue weighted by Gasteiger charge is -2.57. The molecular weight excluding hydrogens is 522 g/mol. The van der Waals surface area contributed by atoms with Gasteiger partial charge in [-0.2, -0.15) is 0 Å². The van der Waals surface area contributed by atoms with Gasteiger partial charge in [0, 0.05) is 30.8 Å². The van der Waals surface area contributed by atoms with Gasteiger partial charge in [0.05, 0.1) is 23.3 Å². The van der Waals surface area contributed by atoms with E-state index in [0.29, 0.717) is 12.3 Å². The van der Waals surface area contributed by atoms with E-state index in [9.17, 15) is 9.59 Å². The molecule has 40 heavy (non-hydrogen) atoms. The van der Waals surface area contributed by atoms with Crippen molar-refractivity contribution in [3.05, 3.63) is 23.3 Å². The fraction of sp³-hybridized carbons (Fsp3) is 0.812. The number of fused-ring (bicyclic) bond motifs is 1. The maximum atomic E-state index is 12.4. The van der Waals surface area contributed by atoms with Gasteiger partial charge in [0.15, 0.2) is 20.5 Å². The molecule has 7 nitrogen and oxygen atoms in total. The fourth-order valence-corrected chi connectivity index (χ4v) is 9.81. The van der Waals surface area contributed by atoms with Crippen LogP contribution in [0.1, 0.15) is 87.0 Å². The molecule has 224 valence electrons. The van der Waals surface area contributed by atoms with Gasteiger partial charge >= 0.3 is 11.9 Å². The highest BCUT2D eigenvalue weighted by Crippen LogP contribution is 2.67. The second-order valence-electron chi connectivity index (χ2n) is 14.9. The first-order valence-electron chi connectivity index (χ1n) is 15.3. The number of ether oxygens (including phenoxy) is 3. The van der Waals surface area contributed by atoms with Gasteiger partial charge in [-0.1, -0.05) is 46.8 Å². The quantitative estimate of drug-likeness (QED) is 0.288. The van der Waals surface area contributed by atoms with E-state index >= 15 is 0 Å². The molecule has 2 spiro atoms. The van der Waals surface area contributed by atoms with Crippen molar-refractivity contribution < 1.29 is 28.2 Å². The van der Waals surface area contributed by atoms with Crippen LogP contribution in [0.2, 0.25) is 18.1 Å². The molecule has 5 aliphatic rings. The van der Waals surface area contributed by atoms with Crippen LogP contribution >= 0.6 is 0 Å². The molecule has 2 heterocycles. The standard InChI is InChI=1S/C32H51NO6Si/c1-11-33(8)24-19-31-16-17-32(39-31)22(18-23(31)27(36-20(2)34)28(24)37-21(3)35)14-15-30(7)25(32)12-13-26(30)38-40(9,10)29(4,5)6/h14,18,24-28H,11-13,15-17,19H2,1-10H3/t24?,25-,26+,27-,28?,30?,31-,32-/m1/s1. The van der Waals surface area contributed by atoms with E-state index in [1.165, 1.54) is 19.4 Å². The SMILES string of the molecule is CCN(C)C1C[C@@]23CC[C@@]4(O2)C(=CCC2(C)[C@@H](O[Si](C)(C)C(C)(C)C)CC[C@H]24)C=C3[C@@H](OC(C)=O)C1OC(C)=O. The lowest BCUT2D eigenvalue weighted by molar-refractivity contribution is -0.193. The van der Waals surface area contributed by atoms with Crippen LogP contribution in [0.4, 0.5) is 0 Å². The Balaban J connectivity index is 1.56. The third-order valence-electron chi connectivity index (χ3n) is 11.6. The average molecular weight is 574 g/mol. The van der Waals surface area contributed by atoms with E-state index in [-0.39, 0.29) is 40.1 Å². The van der Waals surface area contributed by atoms with Gasteiger partial charge in [-0.3, -0.25) is 14.5 Å². The van der Waals surface area contributed by atoms with Crippen LogP contribution in [0.5, 0.6) is 0 Å². The molecular formula is C32H51NO6Si. The minimum absolute atomic E-state index is 0.0136. The van der Waals surface area contributed by atoms with Crippen molar-refractivity contribution >= 4 is 20.3 Å². The summed E-state index contributed by atoms with van der Waals surface area (Å²) in [6.07, 6.45) is 9.25. The Morgan fingerprint density at radius 2 is 1.80 bits per heavy atom. The molecule has 0 radical (unpaired) electrons. The van der Waals surface area contributed by atoms with Gasteiger partial charge in [-0.25, -0.2) is 0 Å². The van der Waals surface area contributed by atoms with E-state index in [2.05, 4.69) is 64.8 Å². The summed E-state index contributed by atoms with van der Waals surface area (Å²) in [4.78, 5) is 26.8. The van der Waals surface area contributed by atoms with Crippen molar-refractivity contribution in [3.8, 4) is 0 Å². The Kier molecular flexibility index (Phi) is 7.33. The molecule has 3 aliphatic carbocycles. The molecule has 2 aliphatic heterocycles. The van der Waals surface area contributed by atoms with Gasteiger partial charge in [-0.05, 0) is 75.8 Å². The Hall–Kier alpha value is -1.48. The van der Waals surface area contributed by atoms with Crippen molar-refractivity contribution in [3.63, 3.8) is 0 Å². The highest BCUT2D eigenvalue weighted by Gasteiger charge is 2.69. The van der Waals surface area contributed by atoms with E-state index in [4.69, 9.17) is 18.6 Å². The first kappa shape index (κ1) is 30.0. The van der Waals surface area contributed by atoms with Crippen LogP contribution in [0.3, 0.4) is 0 Å². The smallest absolute Gasteiger partial charge is 0.303 e. The zero-order valence-electron chi connectivity index (χ0n) is 26.4. The summed E-state index contributed by atoms with van der Waals surface area (Å²) in [5.41, 5.74) is 1.29. The summed E-state index contributed by atoms with van der Waals surface area (Å²) in [5, 5.41) is 0.165. The normalized spacial score (nSPS) is 40.5. The van der Waals surface area contributed by atoms with Crippen molar-refractivity contribution in [2.24, 2.45) is 11.3 Å². The lowest BCUT2D eigenvalue weighted by Crippen LogP contribution is -2.64. The van der Waals surface area contributed by atoms with Crippen molar-refractivity contribution in [2.45, 2.75) is 141 Å². The summed E-state index contributed by atoms with van der Waals surface area (Å²) in [6, 6.07) is -0.121. The highest BCUT2D eigenvalue weighted by atomic mass is 28.4. The van der Waals surface area contributed by atoms with Crippen LogP contribution in [-0.2, 0) is 28.2 Å². The van der Waals surface area contributed by atoms with Crippen molar-refractivity contribution in [2.75, 3.05) is 13.6 Å². The molecule has 1 saturated heterocycles. The molecule has 0 N–H and O–H groups in total. The first-order valence-corrected chi connectivity index (χ1v) is 18.3. The van der Waals surface area contributed by atoms with Crippen LogP contribution in [0.25, 0.3) is 0 Å². The van der Waals surface area contributed by atoms with Gasteiger partial charge in [0.25, 0.3) is 0 Å². The van der Waals surface area contributed by atoms with Crippen LogP contribution in [-0.4, -0.2) is 74.3 Å². The summed E-state index contributed by atoms with van der Waals surface area (Å²) in [7, 11) is 0.118. The number of hydrogen-bond donors (Lipinski definition) is 0. The average Bonchev–Trinajstić information content (AvgIpc) is 3.33. The zero-order valence-corrected chi connectivity index (χ0v) is 27.4. The molecule has 8 atom stereocenters. The number of carbonyl (C=O) groups excluding carboxylic acids is 2. The number of nitrogens with zero attached hydrogens (tertiary/aromatic N) is 1. The Morgan fingerprint density at radius 3 is 2.40 bits per heavy atom. The molecule has 0 aromatic rings. The Labute approximate surface area is 242 Å². The van der Waals surface area contributed by atoms with Crippen molar-refractivity contribution in [1.29, 1.82) is 0 Å². The second kappa shape index (κ2) is 9.78. The van der Waals surface area contributed by atoms with Gasteiger partial charge in [0.1, 0.15) is 0 Å². The third kappa shape index (κ3) is 4.47.